The largest absolute Gasteiger partial charge is 0.326 e. The van der Waals surface area contributed by atoms with Gasteiger partial charge < -0.3 is 5.32 Å². The highest BCUT2D eigenvalue weighted by molar-refractivity contribution is 6.35. The van der Waals surface area contributed by atoms with Gasteiger partial charge in [0.1, 0.15) is 12.7 Å². The van der Waals surface area contributed by atoms with Crippen molar-refractivity contribution in [2.24, 2.45) is 5.92 Å². The highest BCUT2D eigenvalue weighted by atomic mass is 35.5. The molecule has 100 valence electrons. The summed E-state index contributed by atoms with van der Waals surface area (Å²) in [7, 11) is 0. The molecule has 0 saturated carbocycles. The van der Waals surface area contributed by atoms with Crippen molar-refractivity contribution in [2.45, 2.75) is 13.5 Å². The minimum Gasteiger partial charge on any atom is -0.326 e. The Balaban J connectivity index is 2.00. The van der Waals surface area contributed by atoms with Gasteiger partial charge in [-0.3, -0.25) is 9.48 Å². The van der Waals surface area contributed by atoms with E-state index in [-0.39, 0.29) is 11.8 Å². The molecule has 19 heavy (non-hydrogen) atoms. The predicted octanol–water partition coefficient (Wildman–Crippen LogP) is 2.86. The number of rotatable bonds is 4. The number of nitrogens with one attached hydrogen (secondary N) is 1. The van der Waals surface area contributed by atoms with Crippen molar-refractivity contribution in [3.05, 3.63) is 40.9 Å². The number of nitrogens with zero attached hydrogens (tertiary/aromatic N) is 3. The van der Waals surface area contributed by atoms with Crippen molar-refractivity contribution >= 4 is 34.8 Å². The van der Waals surface area contributed by atoms with Gasteiger partial charge in [0.25, 0.3) is 0 Å². The zero-order valence-corrected chi connectivity index (χ0v) is 11.7. The lowest BCUT2D eigenvalue weighted by Gasteiger charge is -2.12. The first-order chi connectivity index (χ1) is 9.04. The predicted molar refractivity (Wildman–Crippen MR) is 74.3 cm³/mol. The Morgan fingerprint density at radius 3 is 2.63 bits per heavy atom. The van der Waals surface area contributed by atoms with Crippen LogP contribution in [0, 0.1) is 5.92 Å². The highest BCUT2D eigenvalue weighted by Gasteiger charge is 2.14. The molecule has 7 heteroatoms. The molecular formula is C12H12Cl2N4O. The molecule has 0 unspecified atom stereocenters. The number of carbonyl (C=O) groups excluding carboxylic acids is 1. The zero-order valence-electron chi connectivity index (χ0n) is 10.2. The highest BCUT2D eigenvalue weighted by Crippen LogP contribution is 2.22. The third kappa shape index (κ3) is 3.94. The number of benzene rings is 1. The second kappa shape index (κ2) is 6.04. The summed E-state index contributed by atoms with van der Waals surface area (Å²) >= 11 is 11.7. The Morgan fingerprint density at radius 1 is 1.37 bits per heavy atom. The topological polar surface area (TPSA) is 59.8 Å². The van der Waals surface area contributed by atoms with Crippen LogP contribution in [0.25, 0.3) is 0 Å². The SMILES string of the molecule is C[C@@H](Cn1cncn1)C(=O)Nc1cc(Cl)cc(Cl)c1. The first-order valence-electron chi connectivity index (χ1n) is 5.64. The number of halogens is 2. The second-order valence-corrected chi connectivity index (χ2v) is 5.04. The molecule has 1 amide bonds. The number of aromatic nitrogens is 3. The smallest absolute Gasteiger partial charge is 0.229 e. The number of hydrogen-bond donors (Lipinski definition) is 1. The van der Waals surface area contributed by atoms with Crippen molar-refractivity contribution in [3.63, 3.8) is 0 Å². The van der Waals surface area contributed by atoms with E-state index >= 15 is 0 Å². The van der Waals surface area contributed by atoms with Crippen molar-refractivity contribution in [1.82, 2.24) is 14.8 Å². The van der Waals surface area contributed by atoms with Gasteiger partial charge in [-0.1, -0.05) is 30.1 Å². The van der Waals surface area contributed by atoms with Crippen LogP contribution in [0.5, 0.6) is 0 Å². The van der Waals surface area contributed by atoms with Crippen molar-refractivity contribution in [3.8, 4) is 0 Å². The van der Waals surface area contributed by atoms with Crippen LogP contribution in [0.15, 0.2) is 30.9 Å². The van der Waals surface area contributed by atoms with Gasteiger partial charge in [-0.2, -0.15) is 5.10 Å². The molecule has 1 aromatic heterocycles. The molecule has 1 N–H and O–H groups in total. The summed E-state index contributed by atoms with van der Waals surface area (Å²) in [4.78, 5) is 15.8. The monoisotopic (exact) mass is 298 g/mol. The maximum atomic E-state index is 12.0. The van der Waals surface area contributed by atoms with Gasteiger partial charge in [-0.25, -0.2) is 4.98 Å². The third-order valence-corrected chi connectivity index (χ3v) is 2.94. The number of carbonyl (C=O) groups is 1. The van der Waals surface area contributed by atoms with Gasteiger partial charge in [0, 0.05) is 15.7 Å². The van der Waals surface area contributed by atoms with Crippen LogP contribution in [0.4, 0.5) is 5.69 Å². The molecule has 2 aromatic rings. The lowest BCUT2D eigenvalue weighted by Crippen LogP contribution is -2.24. The summed E-state index contributed by atoms with van der Waals surface area (Å²) in [6.45, 7) is 2.27. The van der Waals surface area contributed by atoms with Crippen LogP contribution >= 0.6 is 23.2 Å². The van der Waals surface area contributed by atoms with E-state index in [2.05, 4.69) is 15.4 Å². The molecule has 0 aliphatic rings. The molecule has 1 heterocycles. The molecule has 0 bridgehead atoms. The van der Waals surface area contributed by atoms with Gasteiger partial charge >= 0.3 is 0 Å². The first kappa shape index (κ1) is 13.8. The molecule has 0 fully saturated rings. The third-order valence-electron chi connectivity index (χ3n) is 2.51. The molecule has 2 rings (SSSR count). The van der Waals surface area contributed by atoms with Gasteiger partial charge in [0.15, 0.2) is 0 Å². The Morgan fingerprint density at radius 2 is 2.05 bits per heavy atom. The Kier molecular flexibility index (Phi) is 4.39. The Hall–Kier alpha value is -1.59. The molecule has 0 aliphatic carbocycles. The quantitative estimate of drug-likeness (QED) is 0.944. The minimum absolute atomic E-state index is 0.131. The molecule has 5 nitrogen and oxygen atoms in total. The average molecular weight is 299 g/mol. The van der Waals surface area contributed by atoms with Crippen LogP contribution in [0.2, 0.25) is 10.0 Å². The van der Waals surface area contributed by atoms with E-state index in [9.17, 15) is 4.79 Å². The molecule has 0 saturated heterocycles. The van der Waals surface area contributed by atoms with E-state index in [0.29, 0.717) is 22.3 Å². The molecule has 1 atom stereocenters. The average Bonchev–Trinajstić information content (AvgIpc) is 2.80. The van der Waals surface area contributed by atoms with Gasteiger partial charge in [-0.05, 0) is 18.2 Å². The van der Waals surface area contributed by atoms with Crippen molar-refractivity contribution in [2.75, 3.05) is 5.32 Å². The maximum Gasteiger partial charge on any atom is 0.229 e. The number of hydrogen-bond acceptors (Lipinski definition) is 3. The molecule has 0 aliphatic heterocycles. The standard InChI is InChI=1S/C12H12Cl2N4O/c1-8(5-18-7-15-6-16-18)12(19)17-11-3-9(13)2-10(14)4-11/h2-4,6-8H,5H2,1H3,(H,17,19)/t8-/m0/s1. The number of amides is 1. The van der Waals surface area contributed by atoms with Gasteiger partial charge in [0.05, 0.1) is 12.5 Å². The lowest BCUT2D eigenvalue weighted by molar-refractivity contribution is -0.119. The normalized spacial score (nSPS) is 12.2. The Labute approximate surface area is 120 Å². The number of anilines is 1. The Bertz CT molecular complexity index is 551. The van der Waals surface area contributed by atoms with E-state index in [1.807, 2.05) is 6.92 Å². The fraction of sp³-hybridized carbons (Fsp3) is 0.250. The molecular weight excluding hydrogens is 287 g/mol. The van der Waals surface area contributed by atoms with Crippen LogP contribution in [0.3, 0.4) is 0 Å². The van der Waals surface area contributed by atoms with Crippen LogP contribution in [-0.2, 0) is 11.3 Å². The lowest BCUT2D eigenvalue weighted by atomic mass is 10.1. The molecule has 1 aromatic carbocycles. The molecule has 0 spiro atoms. The summed E-state index contributed by atoms with van der Waals surface area (Å²) in [6.07, 6.45) is 3.00. The van der Waals surface area contributed by atoms with E-state index in [1.165, 1.54) is 6.33 Å². The van der Waals surface area contributed by atoms with Gasteiger partial charge in [-0.15, -0.1) is 0 Å². The van der Waals surface area contributed by atoms with E-state index in [1.54, 1.807) is 29.2 Å². The van der Waals surface area contributed by atoms with Gasteiger partial charge in [0.2, 0.25) is 5.91 Å². The van der Waals surface area contributed by atoms with Crippen LogP contribution in [0.1, 0.15) is 6.92 Å². The summed E-state index contributed by atoms with van der Waals surface area (Å²) in [5, 5.41) is 7.68. The van der Waals surface area contributed by atoms with Crippen molar-refractivity contribution < 1.29 is 4.79 Å². The summed E-state index contributed by atoms with van der Waals surface area (Å²) < 4.78 is 1.61. The van der Waals surface area contributed by atoms with Crippen LogP contribution in [-0.4, -0.2) is 20.7 Å². The summed E-state index contributed by atoms with van der Waals surface area (Å²) in [5.41, 5.74) is 0.577. The fourth-order valence-electron chi connectivity index (χ4n) is 1.58. The minimum atomic E-state index is -0.251. The van der Waals surface area contributed by atoms with Crippen LogP contribution < -0.4 is 5.32 Å². The maximum absolute atomic E-state index is 12.0. The second-order valence-electron chi connectivity index (χ2n) is 4.17. The van der Waals surface area contributed by atoms with E-state index in [0.717, 1.165) is 0 Å². The van der Waals surface area contributed by atoms with E-state index < -0.39 is 0 Å². The fourth-order valence-corrected chi connectivity index (χ4v) is 2.11. The van der Waals surface area contributed by atoms with Crippen molar-refractivity contribution in [1.29, 1.82) is 0 Å². The first-order valence-corrected chi connectivity index (χ1v) is 6.39. The molecule has 0 radical (unpaired) electrons. The summed E-state index contributed by atoms with van der Waals surface area (Å²) in [5.74, 6) is -0.381. The van der Waals surface area contributed by atoms with E-state index in [4.69, 9.17) is 23.2 Å². The summed E-state index contributed by atoms with van der Waals surface area (Å²) in [6, 6.07) is 4.90. The zero-order chi connectivity index (χ0) is 13.8.